The first-order valence-electron chi connectivity index (χ1n) is 6.61. The molecule has 0 amide bonds. The van der Waals surface area contributed by atoms with Gasteiger partial charge in [-0.25, -0.2) is 0 Å². The van der Waals surface area contributed by atoms with Gasteiger partial charge >= 0.3 is 0 Å². The molecule has 1 fully saturated rings. The predicted molar refractivity (Wildman–Crippen MR) is 72.4 cm³/mol. The Morgan fingerprint density at radius 2 is 1.95 bits per heavy atom. The van der Waals surface area contributed by atoms with Crippen molar-refractivity contribution in [2.75, 3.05) is 13.1 Å². The zero-order chi connectivity index (χ0) is 14.9. The fraction of sp³-hybridized carbons (Fsp3) is 0.385. The highest BCUT2D eigenvalue weighted by Crippen LogP contribution is 2.30. The summed E-state index contributed by atoms with van der Waals surface area (Å²) in [5.74, 6) is 0.504. The normalized spacial score (nSPS) is 17.6. The van der Waals surface area contributed by atoms with E-state index >= 15 is 0 Å². The molecular formula is C13H14N4O4. The fourth-order valence-electron chi connectivity index (χ4n) is 2.32. The van der Waals surface area contributed by atoms with Gasteiger partial charge in [0.1, 0.15) is 5.60 Å². The van der Waals surface area contributed by atoms with Crippen LogP contribution in [0.25, 0.3) is 11.4 Å². The molecule has 0 radical (unpaired) electrons. The van der Waals surface area contributed by atoms with Crippen LogP contribution in [-0.4, -0.2) is 33.3 Å². The molecule has 1 aliphatic heterocycles. The lowest BCUT2D eigenvalue weighted by molar-refractivity contribution is -0.384. The van der Waals surface area contributed by atoms with Crippen LogP contribution in [0.1, 0.15) is 18.7 Å². The number of aliphatic hydroxyl groups is 1. The topological polar surface area (TPSA) is 114 Å². The number of piperidine rings is 1. The van der Waals surface area contributed by atoms with E-state index in [0.29, 0.717) is 37.3 Å². The number of nitrogens with one attached hydrogen (secondary N) is 1. The van der Waals surface area contributed by atoms with Crippen molar-refractivity contribution in [1.29, 1.82) is 0 Å². The molecule has 0 unspecified atom stereocenters. The summed E-state index contributed by atoms with van der Waals surface area (Å²) in [6, 6.07) is 5.87. The summed E-state index contributed by atoms with van der Waals surface area (Å²) in [7, 11) is 0. The number of non-ortho nitro benzene ring substituents is 1. The molecule has 1 aromatic carbocycles. The van der Waals surface area contributed by atoms with Crippen LogP contribution in [0.5, 0.6) is 0 Å². The molecule has 2 N–H and O–H groups in total. The van der Waals surface area contributed by atoms with E-state index in [4.69, 9.17) is 4.52 Å². The molecule has 3 rings (SSSR count). The number of aromatic nitrogens is 2. The molecule has 110 valence electrons. The van der Waals surface area contributed by atoms with Crippen molar-refractivity contribution in [3.8, 4) is 11.4 Å². The molecule has 0 aliphatic carbocycles. The SMILES string of the molecule is O=[N+]([O-])c1ccc(-c2noc(C3(O)CCNCC3)n2)cc1. The lowest BCUT2D eigenvalue weighted by Crippen LogP contribution is -2.39. The largest absolute Gasteiger partial charge is 0.380 e. The standard InChI is InChI=1S/C13H14N4O4/c18-13(5-7-14-8-6-13)12-15-11(16-21-12)9-1-3-10(4-2-9)17(19)20/h1-4,14,18H,5-8H2. The summed E-state index contributed by atoms with van der Waals surface area (Å²) in [6.07, 6.45) is 1.02. The maximum Gasteiger partial charge on any atom is 0.269 e. The number of nitro groups is 1. The van der Waals surface area contributed by atoms with E-state index in [0.717, 1.165) is 0 Å². The highest BCUT2D eigenvalue weighted by atomic mass is 16.6. The summed E-state index contributed by atoms with van der Waals surface area (Å²) in [6.45, 7) is 1.37. The number of nitro benzene ring substituents is 1. The van der Waals surface area contributed by atoms with E-state index < -0.39 is 10.5 Å². The monoisotopic (exact) mass is 290 g/mol. The Labute approximate surface area is 119 Å². The summed E-state index contributed by atoms with van der Waals surface area (Å²) >= 11 is 0. The van der Waals surface area contributed by atoms with Gasteiger partial charge < -0.3 is 14.9 Å². The van der Waals surface area contributed by atoms with Gasteiger partial charge in [-0.15, -0.1) is 0 Å². The first kappa shape index (κ1) is 13.7. The first-order chi connectivity index (χ1) is 10.1. The van der Waals surface area contributed by atoms with E-state index in [1.165, 1.54) is 12.1 Å². The third-order valence-electron chi connectivity index (χ3n) is 3.59. The van der Waals surface area contributed by atoms with Crippen LogP contribution in [0, 0.1) is 10.1 Å². The van der Waals surface area contributed by atoms with Gasteiger partial charge in [0.15, 0.2) is 0 Å². The van der Waals surface area contributed by atoms with Crippen LogP contribution in [0.3, 0.4) is 0 Å². The third-order valence-corrected chi connectivity index (χ3v) is 3.59. The Balaban J connectivity index is 1.85. The highest BCUT2D eigenvalue weighted by Gasteiger charge is 2.37. The van der Waals surface area contributed by atoms with Crippen molar-refractivity contribution in [3.63, 3.8) is 0 Å². The smallest absolute Gasteiger partial charge is 0.269 e. The minimum Gasteiger partial charge on any atom is -0.380 e. The molecule has 1 aliphatic rings. The zero-order valence-corrected chi connectivity index (χ0v) is 11.2. The van der Waals surface area contributed by atoms with Crippen LogP contribution >= 0.6 is 0 Å². The molecule has 2 aromatic rings. The molecule has 0 spiro atoms. The van der Waals surface area contributed by atoms with E-state index in [1.54, 1.807) is 12.1 Å². The maximum atomic E-state index is 10.6. The second kappa shape index (κ2) is 5.23. The van der Waals surface area contributed by atoms with Crippen molar-refractivity contribution in [2.24, 2.45) is 0 Å². The van der Waals surface area contributed by atoms with Crippen LogP contribution in [0.15, 0.2) is 28.8 Å². The molecule has 8 heteroatoms. The van der Waals surface area contributed by atoms with Gasteiger partial charge in [0, 0.05) is 17.7 Å². The van der Waals surface area contributed by atoms with Gasteiger partial charge in [0.2, 0.25) is 5.82 Å². The number of rotatable bonds is 3. The van der Waals surface area contributed by atoms with Crippen LogP contribution in [-0.2, 0) is 5.60 Å². The van der Waals surface area contributed by atoms with Gasteiger partial charge in [0.05, 0.1) is 4.92 Å². The second-order valence-electron chi connectivity index (χ2n) is 5.01. The molecule has 2 heterocycles. The van der Waals surface area contributed by atoms with Gasteiger partial charge in [0.25, 0.3) is 11.6 Å². The fourth-order valence-corrected chi connectivity index (χ4v) is 2.32. The molecule has 0 atom stereocenters. The minimum absolute atomic E-state index is 0.000508. The summed E-state index contributed by atoms with van der Waals surface area (Å²) in [5, 5.41) is 28.1. The van der Waals surface area contributed by atoms with Crippen molar-refractivity contribution < 1.29 is 14.6 Å². The Morgan fingerprint density at radius 1 is 1.29 bits per heavy atom. The number of hydrogen-bond acceptors (Lipinski definition) is 7. The van der Waals surface area contributed by atoms with E-state index in [9.17, 15) is 15.2 Å². The van der Waals surface area contributed by atoms with Crippen LogP contribution < -0.4 is 5.32 Å². The first-order valence-corrected chi connectivity index (χ1v) is 6.61. The van der Waals surface area contributed by atoms with Crippen molar-refractivity contribution >= 4 is 5.69 Å². The van der Waals surface area contributed by atoms with Crippen LogP contribution in [0.4, 0.5) is 5.69 Å². The quantitative estimate of drug-likeness (QED) is 0.645. The Morgan fingerprint density at radius 3 is 2.57 bits per heavy atom. The molecule has 0 bridgehead atoms. The third kappa shape index (κ3) is 2.63. The van der Waals surface area contributed by atoms with E-state index in [-0.39, 0.29) is 11.6 Å². The Hall–Kier alpha value is -2.32. The van der Waals surface area contributed by atoms with Gasteiger partial charge in [-0.1, -0.05) is 5.16 Å². The van der Waals surface area contributed by atoms with E-state index in [1.807, 2.05) is 0 Å². The van der Waals surface area contributed by atoms with E-state index in [2.05, 4.69) is 15.5 Å². The highest BCUT2D eigenvalue weighted by molar-refractivity contribution is 5.56. The summed E-state index contributed by atoms with van der Waals surface area (Å²) in [4.78, 5) is 14.4. The lowest BCUT2D eigenvalue weighted by Gasteiger charge is -2.28. The van der Waals surface area contributed by atoms with Crippen molar-refractivity contribution in [3.05, 3.63) is 40.3 Å². The van der Waals surface area contributed by atoms with Crippen LogP contribution in [0.2, 0.25) is 0 Å². The molecule has 1 aromatic heterocycles. The number of benzene rings is 1. The molecule has 21 heavy (non-hydrogen) atoms. The molecular weight excluding hydrogens is 276 g/mol. The molecule has 8 nitrogen and oxygen atoms in total. The zero-order valence-electron chi connectivity index (χ0n) is 11.2. The summed E-state index contributed by atoms with van der Waals surface area (Å²) in [5.41, 5.74) is -0.496. The summed E-state index contributed by atoms with van der Waals surface area (Å²) < 4.78 is 5.17. The average Bonchev–Trinajstić information content (AvgIpc) is 2.99. The predicted octanol–water partition coefficient (Wildman–Crippen LogP) is 1.22. The second-order valence-corrected chi connectivity index (χ2v) is 5.01. The number of nitrogens with zero attached hydrogens (tertiary/aromatic N) is 3. The minimum atomic E-state index is -1.10. The number of hydrogen-bond donors (Lipinski definition) is 2. The van der Waals surface area contributed by atoms with Gasteiger partial charge in [-0.05, 0) is 38.1 Å². The van der Waals surface area contributed by atoms with Crippen molar-refractivity contribution in [1.82, 2.24) is 15.5 Å². The van der Waals surface area contributed by atoms with Gasteiger partial charge in [-0.2, -0.15) is 4.98 Å². The van der Waals surface area contributed by atoms with Gasteiger partial charge in [-0.3, -0.25) is 10.1 Å². The lowest BCUT2D eigenvalue weighted by atomic mass is 9.92. The van der Waals surface area contributed by atoms with Crippen molar-refractivity contribution in [2.45, 2.75) is 18.4 Å². The molecule has 0 saturated carbocycles. The Bertz CT molecular complexity index is 646. The Kier molecular flexibility index (Phi) is 3.40. The average molecular weight is 290 g/mol. The maximum absolute atomic E-state index is 10.6. The molecule has 1 saturated heterocycles.